The summed E-state index contributed by atoms with van der Waals surface area (Å²) in [4.78, 5) is 35.0. The van der Waals surface area contributed by atoms with Crippen molar-refractivity contribution in [2.75, 3.05) is 0 Å². The summed E-state index contributed by atoms with van der Waals surface area (Å²) in [5, 5.41) is 20.3. The van der Waals surface area contributed by atoms with Crippen LogP contribution in [0, 0.1) is 10.1 Å². The fourth-order valence-corrected chi connectivity index (χ4v) is 2.85. The fourth-order valence-electron chi connectivity index (χ4n) is 2.85. The largest absolute Gasteiger partial charge is 0.478 e. The highest BCUT2D eigenvalue weighted by molar-refractivity contribution is 5.92. The summed E-state index contributed by atoms with van der Waals surface area (Å²) in [6, 6.07) is 5.74. The van der Waals surface area contributed by atoms with Gasteiger partial charge in [0, 0.05) is 36.4 Å². The summed E-state index contributed by atoms with van der Waals surface area (Å²) in [5.41, 5.74) is 1.62. The molecule has 0 saturated carbocycles. The van der Waals surface area contributed by atoms with Gasteiger partial charge in [-0.3, -0.25) is 19.8 Å². The highest BCUT2D eigenvalue weighted by Gasteiger charge is 2.32. The van der Waals surface area contributed by atoms with Gasteiger partial charge in [-0.2, -0.15) is 0 Å². The molecule has 1 unspecified atom stereocenters. The third-order valence-corrected chi connectivity index (χ3v) is 3.81. The minimum absolute atomic E-state index is 0.0619. The molecule has 0 saturated heterocycles. The van der Waals surface area contributed by atoms with Crippen molar-refractivity contribution in [1.29, 1.82) is 0 Å². The van der Waals surface area contributed by atoms with Crippen molar-refractivity contribution in [1.82, 2.24) is 4.90 Å². The van der Waals surface area contributed by atoms with Crippen molar-refractivity contribution < 1.29 is 19.6 Å². The number of hydrogen-bond acceptors (Lipinski definition) is 4. The van der Waals surface area contributed by atoms with Gasteiger partial charge in [-0.05, 0) is 19.4 Å². The SMILES string of the molecule is CC(=O)N1C(C)=CC(c2ccc([N+](=O)[O-])cc2)C(C(=O)O)=C1C. The standard InChI is InChI=1S/C16H16N2O5/c1-9-8-14(12-4-6-13(7-5-12)18(22)23)15(16(20)21)10(2)17(9)11(3)19/h4-8,14H,1-3H3,(H,20,21). The quantitative estimate of drug-likeness (QED) is 0.682. The number of aliphatic carboxylic acids is 1. The first-order valence-electron chi connectivity index (χ1n) is 6.91. The van der Waals surface area contributed by atoms with Crippen molar-refractivity contribution in [2.45, 2.75) is 26.7 Å². The molecule has 0 radical (unpaired) electrons. The molecule has 0 aliphatic carbocycles. The number of carbonyl (C=O) groups is 2. The Bertz CT molecular complexity index is 746. The molecule has 7 heteroatoms. The Hall–Kier alpha value is -2.96. The van der Waals surface area contributed by atoms with Crippen LogP contribution in [-0.2, 0) is 9.59 Å². The number of carbonyl (C=O) groups excluding carboxylic acids is 1. The van der Waals surface area contributed by atoms with E-state index >= 15 is 0 Å². The summed E-state index contributed by atoms with van der Waals surface area (Å²) in [6.07, 6.45) is 1.68. The Morgan fingerprint density at radius 2 is 1.78 bits per heavy atom. The number of carboxylic acids is 1. The molecule has 0 fully saturated rings. The second kappa shape index (κ2) is 6.04. The van der Waals surface area contributed by atoms with Gasteiger partial charge in [-0.1, -0.05) is 18.2 Å². The van der Waals surface area contributed by atoms with Gasteiger partial charge in [0.05, 0.1) is 10.5 Å². The van der Waals surface area contributed by atoms with Gasteiger partial charge in [0.1, 0.15) is 0 Å². The van der Waals surface area contributed by atoms with Crippen LogP contribution in [0.25, 0.3) is 0 Å². The molecular weight excluding hydrogens is 300 g/mol. The Kier molecular flexibility index (Phi) is 4.31. The van der Waals surface area contributed by atoms with Gasteiger partial charge in [0.25, 0.3) is 5.69 Å². The van der Waals surface area contributed by atoms with E-state index in [-0.39, 0.29) is 17.2 Å². The maximum Gasteiger partial charge on any atom is 0.334 e. The van der Waals surface area contributed by atoms with E-state index in [1.54, 1.807) is 19.9 Å². The van der Waals surface area contributed by atoms with E-state index < -0.39 is 16.8 Å². The highest BCUT2D eigenvalue weighted by atomic mass is 16.6. The minimum atomic E-state index is -1.12. The van der Waals surface area contributed by atoms with Crippen LogP contribution < -0.4 is 0 Å². The van der Waals surface area contributed by atoms with E-state index in [9.17, 15) is 24.8 Å². The Morgan fingerprint density at radius 3 is 2.22 bits per heavy atom. The van der Waals surface area contributed by atoms with E-state index in [0.29, 0.717) is 17.0 Å². The highest BCUT2D eigenvalue weighted by Crippen LogP contribution is 2.36. The molecule has 0 aromatic heterocycles. The minimum Gasteiger partial charge on any atom is -0.478 e. The monoisotopic (exact) mass is 316 g/mol. The number of amides is 1. The van der Waals surface area contributed by atoms with Crippen molar-refractivity contribution in [2.24, 2.45) is 0 Å². The molecule has 0 spiro atoms. The van der Waals surface area contributed by atoms with Crippen molar-refractivity contribution in [3.8, 4) is 0 Å². The molecule has 1 aliphatic heterocycles. The summed E-state index contributed by atoms with van der Waals surface area (Å²) in [6.45, 7) is 4.67. The second-order valence-electron chi connectivity index (χ2n) is 5.29. The number of nitrogens with zero attached hydrogens (tertiary/aromatic N) is 2. The maximum atomic E-state index is 11.7. The molecule has 1 atom stereocenters. The number of nitro groups is 1. The normalized spacial score (nSPS) is 17.8. The Labute approximate surface area is 132 Å². The molecule has 1 heterocycles. The van der Waals surface area contributed by atoms with E-state index in [1.807, 2.05) is 0 Å². The zero-order chi connectivity index (χ0) is 17.3. The van der Waals surface area contributed by atoms with Crippen LogP contribution in [-0.4, -0.2) is 26.8 Å². The average molecular weight is 316 g/mol. The van der Waals surface area contributed by atoms with Gasteiger partial charge in [-0.25, -0.2) is 4.79 Å². The third kappa shape index (κ3) is 2.98. The topological polar surface area (TPSA) is 101 Å². The van der Waals surface area contributed by atoms with Crippen LogP contribution in [0.3, 0.4) is 0 Å². The maximum absolute atomic E-state index is 11.7. The molecule has 1 aromatic carbocycles. The van der Waals surface area contributed by atoms with Gasteiger partial charge in [0.15, 0.2) is 0 Å². The molecule has 1 amide bonds. The van der Waals surface area contributed by atoms with E-state index in [2.05, 4.69) is 0 Å². The predicted octanol–water partition coefficient (Wildman–Crippen LogP) is 2.80. The molecule has 1 N–H and O–H groups in total. The summed E-state index contributed by atoms with van der Waals surface area (Å²) < 4.78 is 0. The van der Waals surface area contributed by atoms with Crippen molar-refractivity contribution >= 4 is 17.6 Å². The molecule has 2 rings (SSSR count). The van der Waals surface area contributed by atoms with Gasteiger partial charge >= 0.3 is 5.97 Å². The second-order valence-corrected chi connectivity index (χ2v) is 5.29. The number of hydrogen-bond donors (Lipinski definition) is 1. The predicted molar refractivity (Wildman–Crippen MR) is 82.5 cm³/mol. The van der Waals surface area contributed by atoms with Crippen LogP contribution >= 0.6 is 0 Å². The van der Waals surface area contributed by atoms with Gasteiger partial charge in [-0.15, -0.1) is 0 Å². The summed E-state index contributed by atoms with van der Waals surface area (Å²) in [5.74, 6) is -1.96. The zero-order valence-electron chi connectivity index (χ0n) is 12.9. The number of rotatable bonds is 3. The lowest BCUT2D eigenvalue weighted by atomic mass is 9.86. The van der Waals surface area contributed by atoms with E-state index in [0.717, 1.165) is 0 Å². The van der Waals surface area contributed by atoms with Crippen LogP contribution in [0.15, 0.2) is 47.3 Å². The molecule has 1 aliphatic rings. The zero-order valence-corrected chi connectivity index (χ0v) is 12.9. The number of nitro benzene ring substituents is 1. The Morgan fingerprint density at radius 1 is 1.22 bits per heavy atom. The molecule has 7 nitrogen and oxygen atoms in total. The Balaban J connectivity index is 2.54. The van der Waals surface area contributed by atoms with Crippen LogP contribution in [0.2, 0.25) is 0 Å². The molecule has 23 heavy (non-hydrogen) atoms. The lowest BCUT2D eigenvalue weighted by molar-refractivity contribution is -0.384. The summed E-state index contributed by atoms with van der Waals surface area (Å²) >= 11 is 0. The van der Waals surface area contributed by atoms with E-state index in [1.165, 1.54) is 36.1 Å². The van der Waals surface area contributed by atoms with Crippen molar-refractivity contribution in [3.63, 3.8) is 0 Å². The molecule has 120 valence electrons. The fraction of sp³-hybridized carbons (Fsp3) is 0.250. The average Bonchev–Trinajstić information content (AvgIpc) is 2.45. The van der Waals surface area contributed by atoms with E-state index in [4.69, 9.17) is 0 Å². The lowest BCUT2D eigenvalue weighted by Crippen LogP contribution is -2.32. The number of non-ortho nitro benzene ring substituents is 1. The molecular formula is C16H16N2O5. The van der Waals surface area contributed by atoms with Crippen molar-refractivity contribution in [3.05, 3.63) is 63.0 Å². The van der Waals surface area contributed by atoms with Gasteiger partial charge < -0.3 is 5.11 Å². The summed E-state index contributed by atoms with van der Waals surface area (Å²) in [7, 11) is 0. The lowest BCUT2D eigenvalue weighted by Gasteiger charge is -2.32. The van der Waals surface area contributed by atoms with Gasteiger partial charge in [0.2, 0.25) is 5.91 Å². The first kappa shape index (κ1) is 16.4. The number of carboxylic acid groups (broad SMARTS) is 1. The van der Waals surface area contributed by atoms with Crippen LogP contribution in [0.1, 0.15) is 32.3 Å². The molecule has 1 aromatic rings. The van der Waals surface area contributed by atoms with Crippen LogP contribution in [0.5, 0.6) is 0 Å². The molecule has 0 bridgehead atoms. The third-order valence-electron chi connectivity index (χ3n) is 3.81. The first-order valence-corrected chi connectivity index (χ1v) is 6.91. The number of allylic oxidation sites excluding steroid dienone is 3. The first-order chi connectivity index (χ1) is 10.7. The van der Waals surface area contributed by atoms with Crippen LogP contribution in [0.4, 0.5) is 5.69 Å². The smallest absolute Gasteiger partial charge is 0.334 e. The number of benzene rings is 1.